The van der Waals surface area contributed by atoms with Crippen molar-refractivity contribution in [3.63, 3.8) is 0 Å². The SMILES string of the molecule is CCCCN1C(=O)C(=O)N(CC(=O)N2c3ccccc3OCC2c2ccccc2)C1=O. The molecule has 2 heterocycles. The number of amides is 5. The number of hydrogen-bond acceptors (Lipinski definition) is 5. The molecule has 160 valence electrons. The zero-order chi connectivity index (χ0) is 22.0. The van der Waals surface area contributed by atoms with Crippen LogP contribution in [-0.4, -0.2) is 53.2 Å². The molecule has 1 saturated heterocycles. The molecule has 0 aromatic heterocycles. The van der Waals surface area contributed by atoms with Crippen molar-refractivity contribution in [3.8, 4) is 5.75 Å². The van der Waals surface area contributed by atoms with Crippen LogP contribution in [0.3, 0.4) is 0 Å². The smallest absolute Gasteiger partial charge is 0.334 e. The zero-order valence-electron chi connectivity index (χ0n) is 17.2. The highest BCUT2D eigenvalue weighted by atomic mass is 16.5. The third-order valence-electron chi connectivity index (χ3n) is 5.45. The fraction of sp³-hybridized carbons (Fsp3) is 0.304. The molecule has 8 heteroatoms. The van der Waals surface area contributed by atoms with Crippen molar-refractivity contribution in [2.45, 2.75) is 25.8 Å². The Morgan fingerprint density at radius 3 is 2.39 bits per heavy atom. The van der Waals surface area contributed by atoms with Crippen LogP contribution in [0, 0.1) is 0 Å². The van der Waals surface area contributed by atoms with E-state index in [1.165, 1.54) is 0 Å². The van der Waals surface area contributed by atoms with Gasteiger partial charge in [-0.3, -0.25) is 24.2 Å². The van der Waals surface area contributed by atoms with Crippen LogP contribution in [0.2, 0.25) is 0 Å². The van der Waals surface area contributed by atoms with Crippen LogP contribution in [0.25, 0.3) is 0 Å². The zero-order valence-corrected chi connectivity index (χ0v) is 17.2. The van der Waals surface area contributed by atoms with Crippen molar-refractivity contribution >= 4 is 29.4 Å². The van der Waals surface area contributed by atoms with Crippen molar-refractivity contribution in [2.24, 2.45) is 0 Å². The predicted molar refractivity (Wildman–Crippen MR) is 112 cm³/mol. The molecule has 0 radical (unpaired) electrons. The molecule has 0 saturated carbocycles. The maximum Gasteiger partial charge on any atom is 0.334 e. The number of fused-ring (bicyclic) bond motifs is 1. The fourth-order valence-corrected chi connectivity index (χ4v) is 3.83. The van der Waals surface area contributed by atoms with E-state index in [-0.39, 0.29) is 13.2 Å². The van der Waals surface area contributed by atoms with Gasteiger partial charge in [0, 0.05) is 6.54 Å². The Kier molecular flexibility index (Phi) is 5.70. The van der Waals surface area contributed by atoms with Gasteiger partial charge in [0.2, 0.25) is 5.91 Å². The molecule has 0 spiro atoms. The monoisotopic (exact) mass is 421 g/mol. The molecule has 31 heavy (non-hydrogen) atoms. The van der Waals surface area contributed by atoms with Crippen molar-refractivity contribution < 1.29 is 23.9 Å². The van der Waals surface area contributed by atoms with Crippen LogP contribution in [0.5, 0.6) is 5.75 Å². The summed E-state index contributed by atoms with van der Waals surface area (Å²) < 4.78 is 5.86. The summed E-state index contributed by atoms with van der Waals surface area (Å²) in [7, 11) is 0. The van der Waals surface area contributed by atoms with Gasteiger partial charge >= 0.3 is 17.8 Å². The van der Waals surface area contributed by atoms with Crippen molar-refractivity contribution in [1.82, 2.24) is 9.80 Å². The number of nitrogens with zero attached hydrogens (tertiary/aromatic N) is 3. The highest BCUT2D eigenvalue weighted by molar-refractivity contribution is 6.45. The van der Waals surface area contributed by atoms with E-state index in [4.69, 9.17) is 4.74 Å². The van der Waals surface area contributed by atoms with Crippen molar-refractivity contribution in [1.29, 1.82) is 0 Å². The van der Waals surface area contributed by atoms with E-state index in [2.05, 4.69) is 0 Å². The Morgan fingerprint density at radius 1 is 0.968 bits per heavy atom. The van der Waals surface area contributed by atoms with Crippen LogP contribution < -0.4 is 9.64 Å². The first kappa shape index (κ1) is 20.6. The number of urea groups is 1. The maximum absolute atomic E-state index is 13.4. The number of benzene rings is 2. The lowest BCUT2D eigenvalue weighted by Gasteiger charge is -2.37. The van der Waals surface area contributed by atoms with E-state index in [1.54, 1.807) is 23.1 Å². The Hall–Kier alpha value is -3.68. The Morgan fingerprint density at radius 2 is 1.65 bits per heavy atom. The molecule has 0 bridgehead atoms. The second kappa shape index (κ2) is 8.59. The quantitative estimate of drug-likeness (QED) is 0.529. The van der Waals surface area contributed by atoms with E-state index >= 15 is 0 Å². The first-order chi connectivity index (χ1) is 15.0. The summed E-state index contributed by atoms with van der Waals surface area (Å²) in [6.45, 7) is 1.81. The Bertz CT molecular complexity index is 1020. The topological polar surface area (TPSA) is 87.2 Å². The number of hydrogen-bond donors (Lipinski definition) is 0. The fourth-order valence-electron chi connectivity index (χ4n) is 3.83. The van der Waals surface area contributed by atoms with Gasteiger partial charge in [-0.25, -0.2) is 9.69 Å². The van der Waals surface area contributed by atoms with Crippen LogP contribution in [0.1, 0.15) is 31.4 Å². The molecule has 2 aromatic rings. The third kappa shape index (κ3) is 3.76. The van der Waals surface area contributed by atoms with Crippen LogP contribution in [-0.2, 0) is 14.4 Å². The number of carbonyl (C=O) groups is 4. The summed E-state index contributed by atoms with van der Waals surface area (Å²) >= 11 is 0. The van der Waals surface area contributed by atoms with E-state index in [1.807, 2.05) is 43.3 Å². The van der Waals surface area contributed by atoms with Gasteiger partial charge in [-0.15, -0.1) is 0 Å². The lowest BCUT2D eigenvalue weighted by molar-refractivity contribution is -0.143. The first-order valence-corrected chi connectivity index (χ1v) is 10.3. The standard InChI is InChI=1S/C23H23N3O5/c1-2-3-13-24-21(28)22(29)25(23(24)30)14-20(27)26-17-11-7-8-12-19(17)31-15-18(26)16-9-5-4-6-10-16/h4-12,18H,2-3,13-15H2,1H3. The summed E-state index contributed by atoms with van der Waals surface area (Å²) in [4.78, 5) is 53.9. The predicted octanol–water partition coefficient (Wildman–Crippen LogP) is 2.74. The van der Waals surface area contributed by atoms with Gasteiger partial charge in [0.1, 0.15) is 18.9 Å². The summed E-state index contributed by atoms with van der Waals surface area (Å²) in [5, 5.41) is 0. The lowest BCUT2D eigenvalue weighted by Crippen LogP contribution is -2.47. The molecule has 0 aliphatic carbocycles. The number of rotatable bonds is 6. The number of imide groups is 2. The average molecular weight is 421 g/mol. The minimum atomic E-state index is -0.966. The van der Waals surface area contributed by atoms with Gasteiger partial charge in [0.15, 0.2) is 0 Å². The number of ether oxygens (including phenoxy) is 1. The Balaban J connectivity index is 1.63. The van der Waals surface area contributed by atoms with Gasteiger partial charge in [0.05, 0.1) is 11.7 Å². The summed E-state index contributed by atoms with van der Waals surface area (Å²) in [5.41, 5.74) is 1.42. The molecule has 2 aliphatic heterocycles. The number of carbonyl (C=O) groups excluding carboxylic acids is 4. The van der Waals surface area contributed by atoms with E-state index < -0.39 is 36.3 Å². The number of unbranched alkanes of at least 4 members (excludes halogenated alkanes) is 1. The van der Waals surface area contributed by atoms with Crippen molar-refractivity contribution in [3.05, 3.63) is 60.2 Å². The molecule has 2 aliphatic rings. The molecule has 1 fully saturated rings. The van der Waals surface area contributed by atoms with E-state index in [0.29, 0.717) is 17.9 Å². The van der Waals surface area contributed by atoms with Crippen LogP contribution in [0.15, 0.2) is 54.6 Å². The lowest BCUT2D eigenvalue weighted by atomic mass is 10.0. The van der Waals surface area contributed by atoms with E-state index in [0.717, 1.165) is 21.8 Å². The van der Waals surface area contributed by atoms with Crippen LogP contribution in [0.4, 0.5) is 10.5 Å². The number of anilines is 1. The molecule has 4 rings (SSSR count). The van der Waals surface area contributed by atoms with Gasteiger partial charge in [-0.05, 0) is 24.1 Å². The summed E-state index contributed by atoms with van der Waals surface area (Å²) in [5.74, 6) is -1.76. The Labute approximate surface area is 180 Å². The van der Waals surface area contributed by atoms with Crippen LogP contribution >= 0.6 is 0 Å². The third-order valence-corrected chi connectivity index (χ3v) is 5.45. The largest absolute Gasteiger partial charge is 0.489 e. The molecule has 1 unspecified atom stereocenters. The highest BCUT2D eigenvalue weighted by Gasteiger charge is 2.46. The maximum atomic E-state index is 13.4. The van der Waals surface area contributed by atoms with Gasteiger partial charge in [-0.2, -0.15) is 0 Å². The normalized spacial score (nSPS) is 18.3. The van der Waals surface area contributed by atoms with Gasteiger partial charge in [-0.1, -0.05) is 55.8 Å². The average Bonchev–Trinajstić information content (AvgIpc) is 3.00. The summed E-state index contributed by atoms with van der Waals surface area (Å²) in [6, 6.07) is 15.4. The van der Waals surface area contributed by atoms with E-state index in [9.17, 15) is 19.2 Å². The molecule has 2 aromatic carbocycles. The minimum Gasteiger partial charge on any atom is -0.489 e. The van der Waals surface area contributed by atoms with Gasteiger partial charge in [0.25, 0.3) is 0 Å². The summed E-state index contributed by atoms with van der Waals surface area (Å²) in [6.07, 6.45) is 1.37. The molecule has 5 amide bonds. The number of para-hydroxylation sites is 2. The first-order valence-electron chi connectivity index (χ1n) is 10.3. The second-order valence-electron chi connectivity index (χ2n) is 7.45. The molecule has 1 atom stereocenters. The highest BCUT2D eigenvalue weighted by Crippen LogP contribution is 2.39. The molecular formula is C23H23N3O5. The second-order valence-corrected chi connectivity index (χ2v) is 7.45. The molecular weight excluding hydrogens is 398 g/mol. The molecule has 8 nitrogen and oxygen atoms in total. The van der Waals surface area contributed by atoms with Gasteiger partial charge < -0.3 is 4.74 Å². The minimum absolute atomic E-state index is 0.164. The van der Waals surface area contributed by atoms with Crippen molar-refractivity contribution in [2.75, 3.05) is 24.6 Å². The molecule has 0 N–H and O–H groups in total.